The molecule has 0 bridgehead atoms. The molecule has 2 nitrogen and oxygen atoms in total. The zero-order valence-corrected chi connectivity index (χ0v) is 9.81. The predicted octanol–water partition coefficient (Wildman–Crippen LogP) is 2.04. The fourth-order valence-corrected chi connectivity index (χ4v) is 2.75. The molecule has 2 fully saturated rings. The Balaban J connectivity index is 1.50. The lowest BCUT2D eigenvalue weighted by Gasteiger charge is -2.14. The Morgan fingerprint density at radius 3 is 2.93 bits per heavy atom. The van der Waals surface area contributed by atoms with Crippen molar-refractivity contribution < 1.29 is 4.74 Å². The van der Waals surface area contributed by atoms with Crippen molar-refractivity contribution in [3.63, 3.8) is 0 Å². The van der Waals surface area contributed by atoms with E-state index in [1.165, 1.54) is 38.0 Å². The number of hydrogen-bond acceptors (Lipinski definition) is 3. The lowest BCUT2D eigenvalue weighted by atomic mass is 10.3. The minimum atomic E-state index is 0.545. The van der Waals surface area contributed by atoms with Gasteiger partial charge < -0.3 is 10.1 Å². The van der Waals surface area contributed by atoms with Gasteiger partial charge in [-0.05, 0) is 25.7 Å². The standard InChI is InChI=1S/C11H21NOS/c1-9(7-12-10-4-5-10)14-8-11-3-2-6-13-11/h9-12H,2-8H2,1H3. The van der Waals surface area contributed by atoms with Gasteiger partial charge in [0.2, 0.25) is 0 Å². The monoisotopic (exact) mass is 215 g/mol. The molecule has 82 valence electrons. The van der Waals surface area contributed by atoms with E-state index in [0.29, 0.717) is 6.10 Å². The molecule has 2 aliphatic rings. The van der Waals surface area contributed by atoms with Gasteiger partial charge in [0.1, 0.15) is 0 Å². The molecule has 0 aromatic carbocycles. The Hall–Kier alpha value is 0.270. The molecule has 1 saturated carbocycles. The predicted molar refractivity (Wildman–Crippen MR) is 61.9 cm³/mol. The van der Waals surface area contributed by atoms with Crippen LogP contribution in [-0.4, -0.2) is 36.3 Å². The van der Waals surface area contributed by atoms with Crippen LogP contribution in [0.4, 0.5) is 0 Å². The van der Waals surface area contributed by atoms with Gasteiger partial charge in [0.25, 0.3) is 0 Å². The van der Waals surface area contributed by atoms with Gasteiger partial charge in [0, 0.05) is 30.2 Å². The van der Waals surface area contributed by atoms with E-state index in [0.717, 1.165) is 17.9 Å². The molecule has 0 spiro atoms. The van der Waals surface area contributed by atoms with Crippen LogP contribution in [0.1, 0.15) is 32.6 Å². The van der Waals surface area contributed by atoms with Crippen molar-refractivity contribution in [1.82, 2.24) is 5.32 Å². The van der Waals surface area contributed by atoms with Crippen LogP contribution in [0.25, 0.3) is 0 Å². The molecule has 1 heterocycles. The highest BCUT2D eigenvalue weighted by Gasteiger charge is 2.21. The maximum absolute atomic E-state index is 5.60. The molecule has 1 N–H and O–H groups in total. The second kappa shape index (κ2) is 5.38. The summed E-state index contributed by atoms with van der Waals surface area (Å²) in [5.41, 5.74) is 0. The van der Waals surface area contributed by atoms with Crippen LogP contribution in [-0.2, 0) is 4.74 Å². The molecule has 0 aromatic rings. The van der Waals surface area contributed by atoms with Crippen molar-refractivity contribution in [2.45, 2.75) is 50.0 Å². The summed E-state index contributed by atoms with van der Waals surface area (Å²) in [6.45, 7) is 4.47. The van der Waals surface area contributed by atoms with Crippen molar-refractivity contribution in [2.75, 3.05) is 18.9 Å². The highest BCUT2D eigenvalue weighted by atomic mass is 32.2. The van der Waals surface area contributed by atoms with E-state index in [1.54, 1.807) is 0 Å². The summed E-state index contributed by atoms with van der Waals surface area (Å²) in [7, 11) is 0. The second-order valence-electron chi connectivity index (χ2n) is 4.46. The Kier molecular flexibility index (Phi) is 4.14. The number of hydrogen-bond donors (Lipinski definition) is 1. The van der Waals surface area contributed by atoms with Gasteiger partial charge >= 0.3 is 0 Å². The maximum atomic E-state index is 5.60. The van der Waals surface area contributed by atoms with Crippen LogP contribution in [0.15, 0.2) is 0 Å². The largest absolute Gasteiger partial charge is 0.377 e. The Labute approximate surface area is 91.2 Å². The molecular weight excluding hydrogens is 194 g/mol. The van der Waals surface area contributed by atoms with Gasteiger partial charge in [-0.2, -0.15) is 11.8 Å². The minimum absolute atomic E-state index is 0.545. The quantitative estimate of drug-likeness (QED) is 0.732. The summed E-state index contributed by atoms with van der Waals surface area (Å²) in [6, 6.07) is 0.848. The van der Waals surface area contributed by atoms with Gasteiger partial charge in [-0.1, -0.05) is 6.92 Å². The van der Waals surface area contributed by atoms with Crippen molar-refractivity contribution in [3.05, 3.63) is 0 Å². The van der Waals surface area contributed by atoms with E-state index >= 15 is 0 Å². The summed E-state index contributed by atoms with van der Waals surface area (Å²) in [4.78, 5) is 0. The van der Waals surface area contributed by atoms with E-state index in [2.05, 4.69) is 24.0 Å². The smallest absolute Gasteiger partial charge is 0.0666 e. The SMILES string of the molecule is CC(CNC1CC1)SCC1CCCO1. The zero-order valence-electron chi connectivity index (χ0n) is 9.00. The van der Waals surface area contributed by atoms with Gasteiger partial charge in [0.05, 0.1) is 6.10 Å². The van der Waals surface area contributed by atoms with E-state index in [9.17, 15) is 0 Å². The third-order valence-corrected chi connectivity index (χ3v) is 4.16. The summed E-state index contributed by atoms with van der Waals surface area (Å²) in [5.74, 6) is 1.19. The van der Waals surface area contributed by atoms with E-state index in [-0.39, 0.29) is 0 Å². The van der Waals surface area contributed by atoms with Crippen LogP contribution in [0.5, 0.6) is 0 Å². The molecule has 1 aliphatic heterocycles. The molecule has 0 radical (unpaired) electrons. The number of nitrogens with one attached hydrogen (secondary N) is 1. The lowest BCUT2D eigenvalue weighted by Crippen LogP contribution is -2.25. The summed E-state index contributed by atoms with van der Waals surface area (Å²) in [6.07, 6.45) is 5.87. The molecule has 14 heavy (non-hydrogen) atoms. The van der Waals surface area contributed by atoms with Crippen molar-refractivity contribution in [3.8, 4) is 0 Å². The van der Waals surface area contributed by atoms with Crippen LogP contribution < -0.4 is 5.32 Å². The first-order valence-corrected chi connectivity index (χ1v) is 6.86. The molecule has 3 heteroatoms. The third kappa shape index (κ3) is 3.79. The summed E-state index contributed by atoms with van der Waals surface area (Å²) >= 11 is 2.06. The molecule has 1 aliphatic carbocycles. The summed E-state index contributed by atoms with van der Waals surface area (Å²) in [5, 5.41) is 4.31. The lowest BCUT2D eigenvalue weighted by molar-refractivity contribution is 0.129. The number of ether oxygens (including phenoxy) is 1. The highest BCUT2D eigenvalue weighted by Crippen LogP contribution is 2.22. The van der Waals surface area contributed by atoms with Crippen molar-refractivity contribution >= 4 is 11.8 Å². The van der Waals surface area contributed by atoms with Gasteiger partial charge in [-0.15, -0.1) is 0 Å². The van der Waals surface area contributed by atoms with E-state index in [4.69, 9.17) is 4.74 Å². The minimum Gasteiger partial charge on any atom is -0.377 e. The van der Waals surface area contributed by atoms with Crippen LogP contribution in [0.2, 0.25) is 0 Å². The number of thioether (sulfide) groups is 1. The topological polar surface area (TPSA) is 21.3 Å². The number of rotatable bonds is 6. The third-order valence-electron chi connectivity index (χ3n) is 2.86. The molecular formula is C11H21NOS. The normalized spacial score (nSPS) is 29.4. The molecule has 2 rings (SSSR count). The van der Waals surface area contributed by atoms with Crippen molar-refractivity contribution in [2.24, 2.45) is 0 Å². The average Bonchev–Trinajstić information content (AvgIpc) is 2.87. The average molecular weight is 215 g/mol. The first kappa shape index (κ1) is 10.8. The Morgan fingerprint density at radius 2 is 2.29 bits per heavy atom. The van der Waals surface area contributed by atoms with Crippen molar-refractivity contribution in [1.29, 1.82) is 0 Å². The van der Waals surface area contributed by atoms with Gasteiger partial charge in [0.15, 0.2) is 0 Å². The van der Waals surface area contributed by atoms with Crippen LogP contribution >= 0.6 is 11.8 Å². The fraction of sp³-hybridized carbons (Fsp3) is 1.00. The molecule has 2 atom stereocenters. The maximum Gasteiger partial charge on any atom is 0.0666 e. The van der Waals surface area contributed by atoms with E-state index < -0.39 is 0 Å². The second-order valence-corrected chi connectivity index (χ2v) is 5.93. The first-order chi connectivity index (χ1) is 6.84. The van der Waals surface area contributed by atoms with Crippen LogP contribution in [0, 0.1) is 0 Å². The zero-order chi connectivity index (χ0) is 9.80. The summed E-state index contributed by atoms with van der Waals surface area (Å²) < 4.78 is 5.60. The first-order valence-electron chi connectivity index (χ1n) is 5.81. The van der Waals surface area contributed by atoms with Gasteiger partial charge in [-0.25, -0.2) is 0 Å². The highest BCUT2D eigenvalue weighted by molar-refractivity contribution is 7.99. The molecule has 0 amide bonds. The van der Waals surface area contributed by atoms with E-state index in [1.807, 2.05) is 0 Å². The Bertz CT molecular complexity index is 167. The molecule has 0 aromatic heterocycles. The fourth-order valence-electron chi connectivity index (χ4n) is 1.73. The van der Waals surface area contributed by atoms with Crippen LogP contribution in [0.3, 0.4) is 0 Å². The molecule has 2 unspecified atom stereocenters. The Morgan fingerprint density at radius 1 is 1.43 bits per heavy atom. The molecule has 1 saturated heterocycles. The van der Waals surface area contributed by atoms with Gasteiger partial charge in [-0.3, -0.25) is 0 Å².